The molecule has 2 fully saturated rings. The first kappa shape index (κ1) is 25.7. The van der Waals surface area contributed by atoms with Gasteiger partial charge >= 0.3 is 12.0 Å². The van der Waals surface area contributed by atoms with Crippen LogP contribution in [-0.2, 0) is 25.5 Å². The smallest absolute Gasteiger partial charge is 0.324 e. The highest BCUT2D eigenvalue weighted by molar-refractivity contribution is 5.98. The SMILES string of the molecule is COC(=O)C1CCC2C(=O)N(CCCCCC(=O)NC(C)CCc3ccccc3)C(=O)NC2C1. The molecule has 0 aromatic heterocycles. The Labute approximate surface area is 201 Å². The molecule has 1 aliphatic heterocycles. The molecule has 4 unspecified atom stereocenters. The first-order chi connectivity index (χ1) is 16.4. The van der Waals surface area contributed by atoms with E-state index < -0.39 is 0 Å². The molecule has 1 aromatic rings. The largest absolute Gasteiger partial charge is 0.469 e. The Kier molecular flexibility index (Phi) is 9.48. The number of fused-ring (bicyclic) bond motifs is 1. The van der Waals surface area contributed by atoms with Gasteiger partial charge in [0.1, 0.15) is 0 Å². The quantitative estimate of drug-likeness (QED) is 0.381. The van der Waals surface area contributed by atoms with Crippen molar-refractivity contribution in [2.45, 2.75) is 76.8 Å². The molecule has 186 valence electrons. The highest BCUT2D eigenvalue weighted by Crippen LogP contribution is 2.33. The standard InChI is InChI=1S/C26H37N3O5/c1-18(12-13-19-9-5-3-6-10-19)27-23(30)11-7-4-8-16-29-24(31)21-15-14-20(25(32)34-2)17-22(21)28-26(29)33/h3,5-6,9-10,18,20-22H,4,7-8,11-17H2,1-2H3,(H,27,30)(H,28,33). The van der Waals surface area contributed by atoms with Gasteiger partial charge in [-0.3, -0.25) is 19.3 Å². The van der Waals surface area contributed by atoms with Gasteiger partial charge in [-0.2, -0.15) is 0 Å². The summed E-state index contributed by atoms with van der Waals surface area (Å²) in [6.45, 7) is 2.37. The lowest BCUT2D eigenvalue weighted by molar-refractivity contribution is -0.149. The summed E-state index contributed by atoms with van der Waals surface area (Å²) in [7, 11) is 1.36. The van der Waals surface area contributed by atoms with Crippen LogP contribution in [0.2, 0.25) is 0 Å². The number of nitrogens with zero attached hydrogens (tertiary/aromatic N) is 1. The van der Waals surface area contributed by atoms with Gasteiger partial charge in [0.15, 0.2) is 0 Å². The van der Waals surface area contributed by atoms with E-state index in [0.717, 1.165) is 19.3 Å². The number of urea groups is 1. The van der Waals surface area contributed by atoms with Crippen LogP contribution in [0.5, 0.6) is 0 Å². The minimum Gasteiger partial charge on any atom is -0.469 e. The zero-order valence-electron chi connectivity index (χ0n) is 20.3. The number of nitrogens with one attached hydrogen (secondary N) is 2. The molecule has 1 saturated carbocycles. The van der Waals surface area contributed by atoms with E-state index in [1.807, 2.05) is 25.1 Å². The van der Waals surface area contributed by atoms with Gasteiger partial charge in [0.25, 0.3) is 0 Å². The number of carbonyl (C=O) groups is 4. The van der Waals surface area contributed by atoms with Crippen molar-refractivity contribution in [3.8, 4) is 0 Å². The second-order valence-corrected chi connectivity index (χ2v) is 9.49. The molecule has 4 amide bonds. The molecule has 34 heavy (non-hydrogen) atoms. The average Bonchev–Trinajstić information content (AvgIpc) is 2.84. The molecule has 3 rings (SSSR count). The molecule has 1 aromatic carbocycles. The van der Waals surface area contributed by atoms with Crippen LogP contribution < -0.4 is 10.6 Å². The number of hydrogen-bond acceptors (Lipinski definition) is 5. The van der Waals surface area contributed by atoms with E-state index in [-0.39, 0.29) is 47.7 Å². The van der Waals surface area contributed by atoms with Gasteiger partial charge in [-0.1, -0.05) is 36.8 Å². The second-order valence-electron chi connectivity index (χ2n) is 9.49. The molecule has 2 N–H and O–H groups in total. The van der Waals surface area contributed by atoms with Crippen molar-refractivity contribution < 1.29 is 23.9 Å². The molecular weight excluding hydrogens is 434 g/mol. The summed E-state index contributed by atoms with van der Waals surface area (Å²) in [5, 5.41) is 5.96. The van der Waals surface area contributed by atoms with Gasteiger partial charge in [-0.15, -0.1) is 0 Å². The minimum absolute atomic E-state index is 0.0394. The van der Waals surface area contributed by atoms with E-state index in [0.29, 0.717) is 45.1 Å². The summed E-state index contributed by atoms with van der Waals surface area (Å²) in [6, 6.07) is 9.65. The van der Waals surface area contributed by atoms with E-state index in [1.165, 1.54) is 17.6 Å². The number of aryl methyl sites for hydroxylation is 1. The molecule has 8 nitrogen and oxygen atoms in total. The molecule has 4 atom stereocenters. The normalized spacial score (nSPS) is 23.0. The third kappa shape index (κ3) is 7.05. The van der Waals surface area contributed by atoms with Crippen LogP contribution in [0.1, 0.15) is 63.9 Å². The van der Waals surface area contributed by atoms with Crippen LogP contribution in [0, 0.1) is 11.8 Å². The van der Waals surface area contributed by atoms with Crippen molar-refractivity contribution in [1.82, 2.24) is 15.5 Å². The van der Waals surface area contributed by atoms with Gasteiger partial charge in [0.2, 0.25) is 11.8 Å². The van der Waals surface area contributed by atoms with Gasteiger partial charge in [0.05, 0.1) is 18.9 Å². The van der Waals surface area contributed by atoms with Crippen molar-refractivity contribution in [1.29, 1.82) is 0 Å². The van der Waals surface area contributed by atoms with Gasteiger partial charge < -0.3 is 15.4 Å². The van der Waals surface area contributed by atoms with Crippen molar-refractivity contribution in [3.05, 3.63) is 35.9 Å². The fourth-order valence-electron chi connectivity index (χ4n) is 4.93. The Morgan fingerprint density at radius 2 is 1.91 bits per heavy atom. The van der Waals surface area contributed by atoms with Crippen molar-refractivity contribution >= 4 is 23.8 Å². The zero-order valence-corrected chi connectivity index (χ0v) is 20.3. The van der Waals surface area contributed by atoms with Crippen molar-refractivity contribution in [3.63, 3.8) is 0 Å². The number of ether oxygens (including phenoxy) is 1. The average molecular weight is 472 g/mol. The number of hydrogen-bond donors (Lipinski definition) is 2. The van der Waals surface area contributed by atoms with Gasteiger partial charge in [0, 0.05) is 25.0 Å². The predicted octanol–water partition coefficient (Wildman–Crippen LogP) is 3.19. The second kappa shape index (κ2) is 12.5. The maximum absolute atomic E-state index is 12.9. The predicted molar refractivity (Wildman–Crippen MR) is 128 cm³/mol. The Morgan fingerprint density at radius 1 is 1.15 bits per heavy atom. The maximum atomic E-state index is 12.9. The van der Waals surface area contributed by atoms with E-state index in [9.17, 15) is 19.2 Å². The highest BCUT2D eigenvalue weighted by Gasteiger charge is 2.45. The van der Waals surface area contributed by atoms with E-state index in [1.54, 1.807) is 0 Å². The summed E-state index contributed by atoms with van der Waals surface area (Å²) < 4.78 is 4.81. The first-order valence-corrected chi connectivity index (χ1v) is 12.4. The van der Waals surface area contributed by atoms with Crippen molar-refractivity contribution in [2.24, 2.45) is 11.8 Å². The van der Waals surface area contributed by atoms with Crippen LogP contribution in [0.25, 0.3) is 0 Å². The van der Waals surface area contributed by atoms with Crippen LogP contribution in [0.15, 0.2) is 30.3 Å². The third-order valence-corrected chi connectivity index (χ3v) is 6.92. The third-order valence-electron chi connectivity index (χ3n) is 6.92. The lowest BCUT2D eigenvalue weighted by Gasteiger charge is -2.41. The summed E-state index contributed by atoms with van der Waals surface area (Å²) in [5.41, 5.74) is 1.27. The number of rotatable bonds is 11. The Morgan fingerprint density at radius 3 is 2.65 bits per heavy atom. The zero-order chi connectivity index (χ0) is 24.5. The molecule has 1 aliphatic carbocycles. The number of amides is 4. The monoisotopic (exact) mass is 471 g/mol. The Hall–Kier alpha value is -2.90. The van der Waals surface area contributed by atoms with Crippen LogP contribution in [0.4, 0.5) is 4.79 Å². The van der Waals surface area contributed by atoms with Gasteiger partial charge in [-0.25, -0.2) is 4.79 Å². The summed E-state index contributed by atoms with van der Waals surface area (Å²) in [6.07, 6.45) is 6.03. The van der Waals surface area contributed by atoms with Crippen LogP contribution in [0.3, 0.4) is 0 Å². The number of benzene rings is 1. The molecule has 1 heterocycles. The number of esters is 1. The Balaban J connectivity index is 1.32. The molecule has 1 saturated heterocycles. The number of imide groups is 1. The summed E-state index contributed by atoms with van der Waals surface area (Å²) in [4.78, 5) is 50.7. The lowest BCUT2D eigenvalue weighted by atomic mass is 9.76. The highest BCUT2D eigenvalue weighted by atomic mass is 16.5. The van der Waals surface area contributed by atoms with E-state index in [4.69, 9.17) is 4.74 Å². The Bertz CT molecular complexity index is 859. The van der Waals surface area contributed by atoms with Crippen molar-refractivity contribution in [2.75, 3.05) is 13.7 Å². The number of carbonyl (C=O) groups excluding carboxylic acids is 4. The minimum atomic E-state index is -0.387. The fourth-order valence-corrected chi connectivity index (χ4v) is 4.93. The van der Waals surface area contributed by atoms with E-state index >= 15 is 0 Å². The molecule has 0 radical (unpaired) electrons. The molecule has 0 bridgehead atoms. The lowest BCUT2D eigenvalue weighted by Crippen LogP contribution is -2.61. The molecule has 2 aliphatic rings. The molecular formula is C26H37N3O5. The molecule has 0 spiro atoms. The fraction of sp³-hybridized carbons (Fsp3) is 0.615. The first-order valence-electron chi connectivity index (χ1n) is 12.4. The molecule has 8 heteroatoms. The maximum Gasteiger partial charge on any atom is 0.324 e. The topological polar surface area (TPSA) is 105 Å². The van der Waals surface area contributed by atoms with Gasteiger partial charge in [-0.05, 0) is 57.4 Å². The number of unbranched alkanes of at least 4 members (excludes halogenated alkanes) is 2. The number of methoxy groups -OCH3 is 1. The van der Waals surface area contributed by atoms with Crippen LogP contribution in [-0.4, -0.2) is 54.5 Å². The summed E-state index contributed by atoms with van der Waals surface area (Å²) >= 11 is 0. The van der Waals surface area contributed by atoms with Crippen LogP contribution >= 0.6 is 0 Å². The summed E-state index contributed by atoms with van der Waals surface area (Å²) in [5.74, 6) is -0.934. The van der Waals surface area contributed by atoms with E-state index in [2.05, 4.69) is 22.8 Å².